The van der Waals surface area contributed by atoms with Gasteiger partial charge >= 0.3 is 11.9 Å². The molecule has 0 spiro atoms. The lowest BCUT2D eigenvalue weighted by Crippen LogP contribution is -2.03. The molecule has 0 fully saturated rings. The van der Waals surface area contributed by atoms with Crippen LogP contribution in [0.1, 0.15) is 6.42 Å². The van der Waals surface area contributed by atoms with E-state index in [1.165, 1.54) is 0 Å². The summed E-state index contributed by atoms with van der Waals surface area (Å²) in [6, 6.07) is 0. The van der Waals surface area contributed by atoms with E-state index in [0.717, 1.165) is 0 Å². The minimum absolute atomic E-state index is 0. The van der Waals surface area contributed by atoms with Crippen LogP contribution in [0.5, 0.6) is 0 Å². The maximum atomic E-state index is 9.43. The average Bonchev–Trinajstić information content (AvgIpc) is 1.27. The summed E-state index contributed by atoms with van der Waals surface area (Å²) in [5.41, 5.74) is 0. The Morgan fingerprint density at radius 2 is 1.38 bits per heavy atom. The quantitative estimate of drug-likeness (QED) is 0.528. The molecular weight excluding hydrogens is 135 g/mol. The van der Waals surface area contributed by atoms with Crippen LogP contribution in [0.2, 0.25) is 0 Å². The number of rotatable bonds is 2. The van der Waals surface area contributed by atoms with Crippen molar-refractivity contribution in [2.75, 3.05) is 0 Å². The van der Waals surface area contributed by atoms with Crippen LogP contribution in [0.3, 0.4) is 0 Å². The molecule has 4 nitrogen and oxygen atoms in total. The predicted molar refractivity (Wildman–Crippen MR) is 27.1 cm³/mol. The maximum absolute atomic E-state index is 9.43. The van der Waals surface area contributed by atoms with Crippen molar-refractivity contribution in [2.24, 2.45) is 0 Å². The van der Waals surface area contributed by atoms with Gasteiger partial charge in [0.05, 0.1) is 0 Å². The van der Waals surface area contributed by atoms with E-state index in [4.69, 9.17) is 10.2 Å². The highest BCUT2D eigenvalue weighted by atomic mass is 35.5. The second-order valence-electron chi connectivity index (χ2n) is 0.964. The summed E-state index contributed by atoms with van der Waals surface area (Å²) >= 11 is 0. The third-order valence-electron chi connectivity index (χ3n) is 0.302. The largest absolute Gasteiger partial charge is 0.481 e. The first-order valence-corrected chi connectivity index (χ1v) is 1.56. The number of carbonyl (C=O) groups is 2. The molecule has 0 bridgehead atoms. The fourth-order valence-electron chi connectivity index (χ4n) is 0.129. The van der Waals surface area contributed by atoms with E-state index >= 15 is 0 Å². The van der Waals surface area contributed by atoms with Gasteiger partial charge in [-0.15, -0.1) is 12.4 Å². The van der Waals surface area contributed by atoms with Crippen molar-refractivity contribution in [3.8, 4) is 0 Å². The summed E-state index contributed by atoms with van der Waals surface area (Å²) in [4.78, 5) is 18.9. The summed E-state index contributed by atoms with van der Waals surface area (Å²) in [6.07, 6.45) is -0.806. The number of carboxylic acids is 2. The number of halogens is 1. The van der Waals surface area contributed by atoms with Crippen LogP contribution in [-0.2, 0) is 9.59 Å². The highest BCUT2D eigenvalue weighted by Gasteiger charge is 2.01. The van der Waals surface area contributed by atoms with E-state index in [1.54, 1.807) is 0 Å². The highest BCUT2D eigenvalue weighted by Crippen LogP contribution is 1.74. The Hall–Kier alpha value is -0.770. The van der Waals surface area contributed by atoms with Crippen LogP contribution in [-0.4, -0.2) is 22.2 Å². The molecule has 0 saturated heterocycles. The minimum atomic E-state index is -1.31. The van der Waals surface area contributed by atoms with Crippen LogP contribution in [0.4, 0.5) is 0 Å². The summed E-state index contributed by atoms with van der Waals surface area (Å²) in [7, 11) is 0. The van der Waals surface area contributed by atoms with Crippen LogP contribution < -0.4 is 0 Å². The molecule has 48 valence electrons. The van der Waals surface area contributed by atoms with Crippen molar-refractivity contribution < 1.29 is 19.8 Å². The average molecular weight is 141 g/mol. The number of carboxylic acid groups (broad SMARTS) is 2. The third-order valence-corrected chi connectivity index (χ3v) is 0.302. The van der Waals surface area contributed by atoms with E-state index in [9.17, 15) is 9.59 Å². The summed E-state index contributed by atoms with van der Waals surface area (Å²) in [6.45, 7) is 0. The Bertz CT molecular complexity index is 87.5. The molecule has 0 aromatic rings. The van der Waals surface area contributed by atoms with Crippen molar-refractivity contribution in [3.05, 3.63) is 0 Å². The van der Waals surface area contributed by atoms with Gasteiger partial charge in [0.1, 0.15) is 6.42 Å². The molecule has 0 aromatic carbocycles. The van der Waals surface area contributed by atoms with Crippen molar-refractivity contribution in [1.29, 1.82) is 0 Å². The standard InChI is InChI=1S/C3H4O4.ClH/c4-2(5)1-3(6)7;/h1H2,(H,4,5)(H,6,7);1H. The molecule has 0 saturated carbocycles. The summed E-state index contributed by atoms with van der Waals surface area (Å²) in [5, 5.41) is 15.4. The van der Waals surface area contributed by atoms with Gasteiger partial charge in [-0.2, -0.15) is 0 Å². The zero-order valence-corrected chi connectivity index (χ0v) is 4.64. The fraction of sp³-hybridized carbons (Fsp3) is 0.333. The highest BCUT2D eigenvalue weighted by molar-refractivity contribution is 5.88. The van der Waals surface area contributed by atoms with E-state index < -0.39 is 18.4 Å². The molecule has 0 aliphatic carbocycles. The van der Waals surface area contributed by atoms with Crippen molar-refractivity contribution >= 4 is 24.3 Å². The van der Waals surface area contributed by atoms with E-state index in [0.29, 0.717) is 0 Å². The lowest BCUT2D eigenvalue weighted by atomic mass is 10.5. The van der Waals surface area contributed by atoms with Gasteiger partial charge in [-0.3, -0.25) is 9.59 Å². The fourth-order valence-corrected chi connectivity index (χ4v) is 0.129. The Morgan fingerprint density at radius 3 is 1.38 bits per heavy atom. The Balaban J connectivity index is 0. The van der Waals surface area contributed by atoms with Crippen LogP contribution in [0, 0.1) is 0 Å². The Labute approximate surface area is 51.5 Å². The monoisotopic (exact) mass is 140 g/mol. The molecule has 0 aliphatic heterocycles. The van der Waals surface area contributed by atoms with E-state index in [1.807, 2.05) is 0 Å². The van der Waals surface area contributed by atoms with Crippen LogP contribution in [0.25, 0.3) is 0 Å². The van der Waals surface area contributed by atoms with Gasteiger partial charge in [0, 0.05) is 0 Å². The first-order chi connectivity index (χ1) is 3.13. The first-order valence-electron chi connectivity index (χ1n) is 1.56. The molecule has 0 aliphatic rings. The molecule has 0 aromatic heterocycles. The van der Waals surface area contributed by atoms with Gasteiger partial charge in [0.2, 0.25) is 0 Å². The lowest BCUT2D eigenvalue weighted by molar-refractivity contribution is -0.147. The zero-order chi connectivity index (χ0) is 5.86. The molecular formula is C3H5ClO4. The molecule has 0 unspecified atom stereocenters. The van der Waals surface area contributed by atoms with Crippen LogP contribution in [0.15, 0.2) is 0 Å². The van der Waals surface area contributed by atoms with Gasteiger partial charge < -0.3 is 10.2 Å². The van der Waals surface area contributed by atoms with Gasteiger partial charge in [0.15, 0.2) is 0 Å². The molecule has 0 radical (unpaired) electrons. The van der Waals surface area contributed by atoms with Crippen molar-refractivity contribution in [1.82, 2.24) is 0 Å². The topological polar surface area (TPSA) is 74.6 Å². The normalized spacial score (nSPS) is 7.00. The number of hydrogen-bond donors (Lipinski definition) is 2. The first kappa shape index (κ1) is 10.3. The van der Waals surface area contributed by atoms with Crippen molar-refractivity contribution in [3.63, 3.8) is 0 Å². The second-order valence-corrected chi connectivity index (χ2v) is 0.964. The lowest BCUT2D eigenvalue weighted by Gasteiger charge is -1.80. The van der Waals surface area contributed by atoms with Crippen molar-refractivity contribution in [2.45, 2.75) is 6.42 Å². The summed E-state index contributed by atoms with van der Waals surface area (Å²) in [5.74, 6) is -2.62. The second kappa shape index (κ2) is 4.39. The van der Waals surface area contributed by atoms with Gasteiger partial charge in [-0.25, -0.2) is 0 Å². The predicted octanol–water partition coefficient (Wildman–Crippen LogP) is -0.0325. The van der Waals surface area contributed by atoms with Gasteiger partial charge in [0.25, 0.3) is 0 Å². The van der Waals surface area contributed by atoms with Gasteiger partial charge in [-0.1, -0.05) is 0 Å². The van der Waals surface area contributed by atoms with E-state index in [-0.39, 0.29) is 12.4 Å². The Morgan fingerprint density at radius 1 is 1.12 bits per heavy atom. The van der Waals surface area contributed by atoms with Crippen LogP contribution >= 0.6 is 12.4 Å². The molecule has 8 heavy (non-hydrogen) atoms. The SMILES string of the molecule is Cl.O=C(O)CC(=O)O. The molecule has 5 heteroatoms. The smallest absolute Gasteiger partial charge is 0.314 e. The molecule has 0 amide bonds. The maximum Gasteiger partial charge on any atom is 0.314 e. The van der Waals surface area contributed by atoms with Gasteiger partial charge in [-0.05, 0) is 0 Å². The van der Waals surface area contributed by atoms with E-state index in [2.05, 4.69) is 0 Å². The Kier molecular flexibility index (Phi) is 5.63. The number of hydrogen-bond acceptors (Lipinski definition) is 2. The molecule has 0 heterocycles. The number of aliphatic carboxylic acids is 2. The summed E-state index contributed by atoms with van der Waals surface area (Å²) < 4.78 is 0. The molecule has 2 N–H and O–H groups in total. The molecule has 0 rings (SSSR count). The minimum Gasteiger partial charge on any atom is -0.481 e. The zero-order valence-electron chi connectivity index (χ0n) is 3.83. The molecule has 0 atom stereocenters. The third kappa shape index (κ3) is 8.97.